The van der Waals surface area contributed by atoms with E-state index in [1.807, 2.05) is 6.07 Å². The Labute approximate surface area is 89.8 Å². The summed E-state index contributed by atoms with van der Waals surface area (Å²) >= 11 is 0. The number of methoxy groups -OCH3 is 1. The van der Waals surface area contributed by atoms with Crippen LogP contribution >= 0.6 is 0 Å². The maximum atomic E-state index is 5.98. The van der Waals surface area contributed by atoms with Gasteiger partial charge in [0.05, 0.1) is 7.11 Å². The van der Waals surface area contributed by atoms with Gasteiger partial charge in [0.2, 0.25) is 0 Å². The van der Waals surface area contributed by atoms with E-state index < -0.39 is 0 Å². The maximum Gasteiger partial charge on any atom is 0.120 e. The SMILES string of the molecule is COc1ccc2c(c1)N1CC(N)CC1C2. The van der Waals surface area contributed by atoms with Crippen LogP contribution in [0.25, 0.3) is 0 Å². The number of ether oxygens (including phenoxy) is 1. The molecule has 2 aliphatic rings. The molecule has 1 saturated heterocycles. The van der Waals surface area contributed by atoms with Crippen LogP contribution in [0.2, 0.25) is 0 Å². The highest BCUT2D eigenvalue weighted by Gasteiger charge is 2.36. The third-order valence-electron chi connectivity index (χ3n) is 3.50. The summed E-state index contributed by atoms with van der Waals surface area (Å²) in [7, 11) is 1.71. The quantitative estimate of drug-likeness (QED) is 0.746. The lowest BCUT2D eigenvalue weighted by Gasteiger charge is -2.18. The van der Waals surface area contributed by atoms with Gasteiger partial charge in [0.25, 0.3) is 0 Å². The van der Waals surface area contributed by atoms with E-state index in [0.717, 1.165) is 25.1 Å². The van der Waals surface area contributed by atoms with E-state index in [2.05, 4.69) is 17.0 Å². The second-order valence-corrected chi connectivity index (χ2v) is 4.50. The van der Waals surface area contributed by atoms with Gasteiger partial charge in [0.1, 0.15) is 5.75 Å². The van der Waals surface area contributed by atoms with E-state index in [1.165, 1.54) is 11.3 Å². The van der Waals surface area contributed by atoms with Crippen molar-refractivity contribution in [1.29, 1.82) is 0 Å². The molecular formula is C12H16N2O. The summed E-state index contributed by atoms with van der Waals surface area (Å²) in [5.74, 6) is 0.940. The topological polar surface area (TPSA) is 38.5 Å². The third kappa shape index (κ3) is 1.30. The standard InChI is InChI=1S/C12H16N2O/c1-15-11-3-2-8-4-10-5-9(13)7-14(10)12(8)6-11/h2-3,6,9-10H,4-5,7,13H2,1H3. The normalized spacial score (nSPS) is 27.7. The predicted octanol–water partition coefficient (Wildman–Crippen LogP) is 1.16. The summed E-state index contributed by atoms with van der Waals surface area (Å²) in [6.07, 6.45) is 2.27. The molecule has 3 heteroatoms. The number of fused-ring (bicyclic) bond motifs is 3. The molecule has 2 heterocycles. The van der Waals surface area contributed by atoms with Gasteiger partial charge >= 0.3 is 0 Å². The van der Waals surface area contributed by atoms with Crippen LogP contribution in [0.15, 0.2) is 18.2 Å². The fraction of sp³-hybridized carbons (Fsp3) is 0.500. The van der Waals surface area contributed by atoms with Crippen molar-refractivity contribution in [2.75, 3.05) is 18.6 Å². The molecule has 0 amide bonds. The lowest BCUT2D eigenvalue weighted by molar-refractivity contribution is 0.415. The fourth-order valence-corrected chi connectivity index (χ4v) is 2.81. The lowest BCUT2D eigenvalue weighted by Crippen LogP contribution is -2.27. The van der Waals surface area contributed by atoms with Gasteiger partial charge in [0.15, 0.2) is 0 Å². The Morgan fingerprint density at radius 3 is 3.13 bits per heavy atom. The first-order chi connectivity index (χ1) is 7.28. The van der Waals surface area contributed by atoms with E-state index in [0.29, 0.717) is 12.1 Å². The average molecular weight is 204 g/mol. The maximum absolute atomic E-state index is 5.98. The van der Waals surface area contributed by atoms with Gasteiger partial charge < -0.3 is 15.4 Å². The molecule has 2 aliphatic heterocycles. The van der Waals surface area contributed by atoms with Gasteiger partial charge in [-0.1, -0.05) is 6.07 Å². The van der Waals surface area contributed by atoms with Crippen molar-refractivity contribution < 1.29 is 4.74 Å². The zero-order valence-corrected chi connectivity index (χ0v) is 8.94. The lowest BCUT2D eigenvalue weighted by atomic mass is 10.1. The van der Waals surface area contributed by atoms with E-state index in [-0.39, 0.29) is 0 Å². The molecule has 2 unspecified atom stereocenters. The smallest absolute Gasteiger partial charge is 0.120 e. The summed E-state index contributed by atoms with van der Waals surface area (Å²) < 4.78 is 5.26. The van der Waals surface area contributed by atoms with Crippen LogP contribution in [0.4, 0.5) is 5.69 Å². The van der Waals surface area contributed by atoms with Crippen molar-refractivity contribution >= 4 is 5.69 Å². The van der Waals surface area contributed by atoms with Crippen molar-refractivity contribution in [3.8, 4) is 5.75 Å². The van der Waals surface area contributed by atoms with Crippen molar-refractivity contribution in [3.05, 3.63) is 23.8 Å². The van der Waals surface area contributed by atoms with E-state index in [1.54, 1.807) is 7.11 Å². The molecule has 1 aromatic carbocycles. The van der Waals surface area contributed by atoms with Crippen molar-refractivity contribution in [2.24, 2.45) is 5.73 Å². The Bertz CT molecular complexity index is 391. The number of benzene rings is 1. The van der Waals surface area contributed by atoms with Crippen LogP contribution in [0.5, 0.6) is 5.75 Å². The van der Waals surface area contributed by atoms with E-state index >= 15 is 0 Å². The number of anilines is 1. The van der Waals surface area contributed by atoms with Crippen LogP contribution in [0, 0.1) is 0 Å². The third-order valence-corrected chi connectivity index (χ3v) is 3.50. The molecule has 2 atom stereocenters. The molecule has 15 heavy (non-hydrogen) atoms. The fourth-order valence-electron chi connectivity index (χ4n) is 2.81. The average Bonchev–Trinajstić information content (AvgIpc) is 2.73. The van der Waals surface area contributed by atoms with Crippen LogP contribution < -0.4 is 15.4 Å². The molecule has 0 radical (unpaired) electrons. The minimum Gasteiger partial charge on any atom is -0.497 e. The first-order valence-electron chi connectivity index (χ1n) is 5.47. The summed E-state index contributed by atoms with van der Waals surface area (Å²) in [5, 5.41) is 0. The molecule has 0 aromatic heterocycles. The summed E-state index contributed by atoms with van der Waals surface area (Å²) in [4.78, 5) is 2.43. The molecule has 0 aliphatic carbocycles. The van der Waals surface area contributed by atoms with Gasteiger partial charge in [-0.3, -0.25) is 0 Å². The van der Waals surface area contributed by atoms with Crippen LogP contribution in [0.3, 0.4) is 0 Å². The molecule has 3 nitrogen and oxygen atoms in total. The Hall–Kier alpha value is -1.22. The molecule has 0 saturated carbocycles. The second-order valence-electron chi connectivity index (χ2n) is 4.50. The predicted molar refractivity (Wildman–Crippen MR) is 60.4 cm³/mol. The molecule has 80 valence electrons. The van der Waals surface area contributed by atoms with Crippen molar-refractivity contribution in [2.45, 2.75) is 24.9 Å². The number of nitrogens with two attached hydrogens (primary N) is 1. The van der Waals surface area contributed by atoms with E-state index in [4.69, 9.17) is 10.5 Å². The number of nitrogens with zero attached hydrogens (tertiary/aromatic N) is 1. The number of hydrogen-bond donors (Lipinski definition) is 1. The van der Waals surface area contributed by atoms with Crippen molar-refractivity contribution in [3.63, 3.8) is 0 Å². The first kappa shape index (κ1) is 9.04. The molecule has 2 N–H and O–H groups in total. The Morgan fingerprint density at radius 2 is 2.33 bits per heavy atom. The summed E-state index contributed by atoms with van der Waals surface area (Å²) in [6.45, 7) is 0.991. The Balaban J connectivity index is 1.99. The molecular weight excluding hydrogens is 188 g/mol. The molecule has 3 rings (SSSR count). The minimum absolute atomic E-state index is 0.342. The van der Waals surface area contributed by atoms with Gasteiger partial charge in [-0.15, -0.1) is 0 Å². The van der Waals surface area contributed by atoms with Gasteiger partial charge in [-0.05, 0) is 24.5 Å². The minimum atomic E-state index is 0.342. The second kappa shape index (κ2) is 3.14. The summed E-state index contributed by atoms with van der Waals surface area (Å²) in [5.41, 5.74) is 8.74. The zero-order chi connectivity index (χ0) is 10.4. The van der Waals surface area contributed by atoms with Crippen LogP contribution in [-0.2, 0) is 6.42 Å². The van der Waals surface area contributed by atoms with E-state index in [9.17, 15) is 0 Å². The van der Waals surface area contributed by atoms with Crippen molar-refractivity contribution in [1.82, 2.24) is 0 Å². The number of hydrogen-bond acceptors (Lipinski definition) is 3. The van der Waals surface area contributed by atoms with Gasteiger partial charge in [-0.2, -0.15) is 0 Å². The van der Waals surface area contributed by atoms with Gasteiger partial charge in [-0.25, -0.2) is 0 Å². The molecule has 0 bridgehead atoms. The zero-order valence-electron chi connectivity index (χ0n) is 8.94. The molecule has 1 aromatic rings. The summed E-state index contributed by atoms with van der Waals surface area (Å²) in [6, 6.07) is 7.32. The monoisotopic (exact) mass is 204 g/mol. The molecule has 1 fully saturated rings. The highest BCUT2D eigenvalue weighted by molar-refractivity contribution is 5.63. The Morgan fingerprint density at radius 1 is 1.47 bits per heavy atom. The highest BCUT2D eigenvalue weighted by atomic mass is 16.5. The Kier molecular flexibility index (Phi) is 1.89. The molecule has 0 spiro atoms. The van der Waals surface area contributed by atoms with Crippen LogP contribution in [-0.4, -0.2) is 25.7 Å². The largest absolute Gasteiger partial charge is 0.497 e. The highest BCUT2D eigenvalue weighted by Crippen LogP contribution is 2.39. The first-order valence-corrected chi connectivity index (χ1v) is 5.47. The van der Waals surface area contributed by atoms with Crippen LogP contribution in [0.1, 0.15) is 12.0 Å². The number of rotatable bonds is 1. The van der Waals surface area contributed by atoms with Gasteiger partial charge in [0, 0.05) is 30.4 Å².